The van der Waals surface area contributed by atoms with E-state index in [4.69, 9.17) is 9.41 Å². The maximum atomic E-state index is 12.7. The van der Waals surface area contributed by atoms with Gasteiger partial charge in [-0.3, -0.25) is 14.1 Å². The van der Waals surface area contributed by atoms with Gasteiger partial charge < -0.3 is 9.73 Å². The molecular formula is C47H34N4O2. The summed E-state index contributed by atoms with van der Waals surface area (Å²) in [4.78, 5) is 18.0. The Kier molecular flexibility index (Phi) is 7.05. The standard InChI is InChI=1S/C47H34N4O2/c1-50-40-24-22-32(27-41(40)51(2)47(50)52)31-15-10-16-33(26-31)38-28-39(49-46(48-38)30-13-4-3-5-14-30)36-19-9-8-18-35(36)37-20-11-21-42-45(37)44-34-17-7-6-12-29(34)23-25-43(44)53-42/h3-28,46,48H,1-2H3. The molecule has 6 heteroatoms. The van der Waals surface area contributed by atoms with Gasteiger partial charge in [0.25, 0.3) is 0 Å². The summed E-state index contributed by atoms with van der Waals surface area (Å²) >= 11 is 0. The summed E-state index contributed by atoms with van der Waals surface area (Å²) in [6.07, 6.45) is 1.87. The van der Waals surface area contributed by atoms with Crippen LogP contribution in [0.5, 0.6) is 0 Å². The van der Waals surface area contributed by atoms with E-state index in [0.717, 1.165) is 83.3 Å². The zero-order valence-corrected chi connectivity index (χ0v) is 29.2. The minimum Gasteiger partial charge on any atom is -0.456 e. The lowest BCUT2D eigenvalue weighted by atomic mass is 9.91. The van der Waals surface area contributed by atoms with Crippen molar-refractivity contribution in [3.8, 4) is 22.3 Å². The molecule has 0 bridgehead atoms. The van der Waals surface area contributed by atoms with Crippen LogP contribution < -0.4 is 11.0 Å². The second kappa shape index (κ2) is 12.1. The van der Waals surface area contributed by atoms with Crippen LogP contribution in [-0.4, -0.2) is 14.8 Å². The van der Waals surface area contributed by atoms with E-state index in [1.165, 1.54) is 10.8 Å². The van der Waals surface area contributed by atoms with Crippen LogP contribution in [0, 0.1) is 0 Å². The Morgan fingerprint density at radius 3 is 2.17 bits per heavy atom. The highest BCUT2D eigenvalue weighted by Gasteiger charge is 2.23. The Hall–Kier alpha value is -6.92. The molecule has 9 aromatic rings. The molecule has 0 fully saturated rings. The lowest BCUT2D eigenvalue weighted by Gasteiger charge is -2.26. The van der Waals surface area contributed by atoms with Crippen LogP contribution in [0.25, 0.3) is 71.7 Å². The van der Waals surface area contributed by atoms with Gasteiger partial charge in [-0.1, -0.05) is 121 Å². The van der Waals surface area contributed by atoms with Crippen molar-refractivity contribution in [1.29, 1.82) is 0 Å². The molecule has 0 spiro atoms. The van der Waals surface area contributed by atoms with Gasteiger partial charge in [0.2, 0.25) is 0 Å². The van der Waals surface area contributed by atoms with Crippen molar-refractivity contribution in [1.82, 2.24) is 14.5 Å². The van der Waals surface area contributed by atoms with Crippen LogP contribution in [0.4, 0.5) is 0 Å². The van der Waals surface area contributed by atoms with Crippen LogP contribution in [0.1, 0.15) is 22.9 Å². The Bertz CT molecular complexity index is 3030. The summed E-state index contributed by atoms with van der Waals surface area (Å²) < 4.78 is 9.86. The van der Waals surface area contributed by atoms with Crippen molar-refractivity contribution in [3.05, 3.63) is 185 Å². The monoisotopic (exact) mass is 686 g/mol. The van der Waals surface area contributed by atoms with Crippen LogP contribution >= 0.6 is 0 Å². The molecule has 1 aliphatic heterocycles. The molecule has 10 rings (SSSR count). The molecule has 0 amide bonds. The van der Waals surface area contributed by atoms with Gasteiger partial charge in [0.1, 0.15) is 17.3 Å². The number of hydrogen-bond donors (Lipinski definition) is 1. The number of hydrogen-bond acceptors (Lipinski definition) is 4. The summed E-state index contributed by atoms with van der Waals surface area (Å²) in [5, 5.41) is 8.34. The lowest BCUT2D eigenvalue weighted by molar-refractivity contribution is 0.664. The van der Waals surface area contributed by atoms with E-state index < -0.39 is 0 Å². The molecule has 0 radical (unpaired) electrons. The molecule has 6 nitrogen and oxygen atoms in total. The molecular weight excluding hydrogens is 653 g/mol. The predicted octanol–water partition coefficient (Wildman–Crippen LogP) is 10.4. The molecule has 3 heterocycles. The van der Waals surface area contributed by atoms with E-state index in [0.29, 0.717) is 0 Å². The van der Waals surface area contributed by atoms with Gasteiger partial charge in [-0.05, 0) is 80.6 Å². The summed E-state index contributed by atoms with van der Waals surface area (Å²) in [5.41, 5.74) is 12.9. The molecule has 0 saturated heterocycles. The molecule has 254 valence electrons. The highest BCUT2D eigenvalue weighted by Crippen LogP contribution is 2.42. The van der Waals surface area contributed by atoms with Crippen LogP contribution in [-0.2, 0) is 14.1 Å². The number of aromatic nitrogens is 2. The van der Waals surface area contributed by atoms with E-state index in [1.54, 1.807) is 9.13 Å². The van der Waals surface area contributed by atoms with Crippen molar-refractivity contribution in [2.45, 2.75) is 6.17 Å². The van der Waals surface area contributed by atoms with Crippen LogP contribution in [0.3, 0.4) is 0 Å². The van der Waals surface area contributed by atoms with Gasteiger partial charge in [-0.2, -0.15) is 0 Å². The van der Waals surface area contributed by atoms with Gasteiger partial charge in [-0.25, -0.2) is 4.79 Å². The van der Waals surface area contributed by atoms with Crippen molar-refractivity contribution < 1.29 is 4.42 Å². The maximum Gasteiger partial charge on any atom is 0.328 e. The second-order valence-electron chi connectivity index (χ2n) is 13.7. The number of aliphatic imine (C=N–C) groups is 1. The van der Waals surface area contributed by atoms with E-state index in [1.807, 2.05) is 26.2 Å². The summed E-state index contributed by atoms with van der Waals surface area (Å²) in [6.45, 7) is 0. The van der Waals surface area contributed by atoms with E-state index in [-0.39, 0.29) is 11.9 Å². The minimum atomic E-state index is -0.299. The molecule has 53 heavy (non-hydrogen) atoms. The number of furan rings is 1. The molecule has 7 aromatic carbocycles. The van der Waals surface area contributed by atoms with Gasteiger partial charge in [0.05, 0.1) is 16.7 Å². The minimum absolute atomic E-state index is 0.0351. The Labute approximate surface area is 305 Å². The third-order valence-electron chi connectivity index (χ3n) is 10.6. The topological polar surface area (TPSA) is 64.5 Å². The first-order chi connectivity index (χ1) is 26.0. The maximum absolute atomic E-state index is 12.7. The average Bonchev–Trinajstić information content (AvgIpc) is 3.72. The van der Waals surface area contributed by atoms with Crippen LogP contribution in [0.15, 0.2) is 172 Å². The number of imidazole rings is 1. The zero-order valence-electron chi connectivity index (χ0n) is 29.2. The first kappa shape index (κ1) is 30.9. The third kappa shape index (κ3) is 5.02. The van der Waals surface area contributed by atoms with Crippen molar-refractivity contribution in [2.24, 2.45) is 19.1 Å². The van der Waals surface area contributed by atoms with Gasteiger partial charge in [-0.15, -0.1) is 0 Å². The van der Waals surface area contributed by atoms with E-state index >= 15 is 0 Å². The molecule has 1 N–H and O–H groups in total. The molecule has 1 atom stereocenters. The number of fused-ring (bicyclic) bond motifs is 6. The first-order valence-electron chi connectivity index (χ1n) is 17.8. The van der Waals surface area contributed by atoms with Crippen molar-refractivity contribution in [2.75, 3.05) is 0 Å². The molecule has 0 aliphatic carbocycles. The zero-order chi connectivity index (χ0) is 35.6. The number of allylic oxidation sites excluding steroid dienone is 1. The first-order valence-corrected chi connectivity index (χ1v) is 17.8. The summed E-state index contributed by atoms with van der Waals surface area (Å²) in [7, 11) is 3.63. The number of rotatable bonds is 5. The molecule has 2 aromatic heterocycles. The lowest BCUT2D eigenvalue weighted by Crippen LogP contribution is -2.25. The Morgan fingerprint density at radius 2 is 1.28 bits per heavy atom. The molecule has 1 unspecified atom stereocenters. The van der Waals surface area contributed by atoms with Crippen molar-refractivity contribution in [3.63, 3.8) is 0 Å². The Morgan fingerprint density at radius 1 is 0.585 bits per heavy atom. The second-order valence-corrected chi connectivity index (χ2v) is 13.7. The SMILES string of the molecule is Cn1c(=O)n(C)c2cc(-c3cccc(C4=CC(c5ccccc5-c5cccc6oc7ccc8ccccc8c7c56)=NC(c5ccccc5)N4)c3)ccc21. The molecule has 1 aliphatic rings. The van der Waals surface area contributed by atoms with Crippen molar-refractivity contribution >= 4 is 55.2 Å². The third-order valence-corrected chi connectivity index (χ3v) is 10.6. The van der Waals surface area contributed by atoms with E-state index in [9.17, 15) is 4.79 Å². The van der Waals surface area contributed by atoms with Gasteiger partial charge in [0, 0.05) is 36.1 Å². The predicted molar refractivity (Wildman–Crippen MR) is 217 cm³/mol. The average molecular weight is 687 g/mol. The Balaban J connectivity index is 1.14. The van der Waals surface area contributed by atoms with Crippen LogP contribution in [0.2, 0.25) is 0 Å². The summed E-state index contributed by atoms with van der Waals surface area (Å²) in [5.74, 6) is 0. The fraction of sp³-hybridized carbons (Fsp3) is 0.0638. The summed E-state index contributed by atoms with van der Waals surface area (Å²) in [6, 6.07) is 52.7. The normalized spacial score (nSPS) is 14.5. The highest BCUT2D eigenvalue weighted by molar-refractivity contribution is 6.24. The smallest absolute Gasteiger partial charge is 0.328 e. The van der Waals surface area contributed by atoms with Gasteiger partial charge in [0.15, 0.2) is 0 Å². The number of aryl methyl sites for hydroxylation is 2. The number of benzene rings is 7. The van der Waals surface area contributed by atoms with Gasteiger partial charge >= 0.3 is 5.69 Å². The fourth-order valence-corrected chi connectivity index (χ4v) is 7.95. The highest BCUT2D eigenvalue weighted by atomic mass is 16.3. The quantitative estimate of drug-likeness (QED) is 0.196. The number of nitrogens with one attached hydrogen (secondary N) is 1. The fourth-order valence-electron chi connectivity index (χ4n) is 7.95. The largest absolute Gasteiger partial charge is 0.456 e. The molecule has 0 saturated carbocycles. The van der Waals surface area contributed by atoms with E-state index in [2.05, 4.69) is 151 Å². The number of nitrogens with zero attached hydrogens (tertiary/aromatic N) is 3.